The van der Waals surface area contributed by atoms with Gasteiger partial charge in [0.15, 0.2) is 0 Å². The molecule has 0 aromatic carbocycles. The van der Waals surface area contributed by atoms with Gasteiger partial charge in [0, 0.05) is 19.6 Å². The van der Waals surface area contributed by atoms with Gasteiger partial charge in [0.05, 0.1) is 11.9 Å². The molecule has 1 atom stereocenters. The summed E-state index contributed by atoms with van der Waals surface area (Å²) in [5, 5.41) is 10.1. The van der Waals surface area contributed by atoms with Crippen molar-refractivity contribution in [1.29, 1.82) is 5.26 Å². The average Bonchev–Trinajstić information content (AvgIpc) is 2.77. The fraction of sp³-hybridized carbons (Fsp3) is 0.667. The van der Waals surface area contributed by atoms with Crippen molar-refractivity contribution in [3.63, 3.8) is 0 Å². The van der Waals surface area contributed by atoms with E-state index in [-0.39, 0.29) is 5.92 Å². The summed E-state index contributed by atoms with van der Waals surface area (Å²) in [6, 6.07) is 2.21. The number of aryl methyl sites for hydroxylation is 1. The number of sulfonamides is 1. The van der Waals surface area contributed by atoms with Gasteiger partial charge in [0.1, 0.15) is 16.6 Å². The maximum absolute atomic E-state index is 11.2. The molecular weight excluding hydrogens is 296 g/mol. The van der Waals surface area contributed by atoms with E-state index in [9.17, 15) is 13.7 Å². The van der Waals surface area contributed by atoms with E-state index in [0.29, 0.717) is 12.1 Å². The third-order valence-electron chi connectivity index (χ3n) is 3.40. The van der Waals surface area contributed by atoms with Crippen LogP contribution in [0.4, 0.5) is 5.00 Å². The summed E-state index contributed by atoms with van der Waals surface area (Å²) in [6.45, 7) is 3.95. The summed E-state index contributed by atoms with van der Waals surface area (Å²) < 4.78 is 29.1. The van der Waals surface area contributed by atoms with E-state index in [1.165, 1.54) is 17.8 Å². The van der Waals surface area contributed by atoms with Crippen molar-refractivity contribution in [2.75, 3.05) is 30.8 Å². The van der Waals surface area contributed by atoms with Crippen LogP contribution in [0.2, 0.25) is 0 Å². The molecule has 1 aliphatic rings. The number of rotatable bonds is 4. The quantitative estimate of drug-likeness (QED) is 0.899. The summed E-state index contributed by atoms with van der Waals surface area (Å²) in [6.07, 6.45) is 3.17. The van der Waals surface area contributed by atoms with Crippen LogP contribution in [0.1, 0.15) is 24.1 Å². The van der Waals surface area contributed by atoms with E-state index in [0.717, 1.165) is 36.6 Å². The van der Waals surface area contributed by atoms with E-state index in [2.05, 4.69) is 20.1 Å². The monoisotopic (exact) mass is 314 g/mol. The summed E-state index contributed by atoms with van der Waals surface area (Å²) in [5.74, 6) is 0.271. The van der Waals surface area contributed by atoms with Gasteiger partial charge < -0.3 is 4.90 Å². The molecule has 6 nitrogen and oxygen atoms in total. The van der Waals surface area contributed by atoms with E-state index in [1.54, 1.807) is 0 Å². The molecule has 2 rings (SSSR count). The molecule has 1 aromatic heterocycles. The predicted octanol–water partition coefficient (Wildman–Crippen LogP) is 1.09. The first-order valence-electron chi connectivity index (χ1n) is 6.46. The third kappa shape index (κ3) is 3.69. The molecule has 1 saturated heterocycles. The lowest BCUT2D eigenvalue weighted by atomic mass is 9.98. The molecule has 1 N–H and O–H groups in total. The molecule has 0 aliphatic carbocycles. The van der Waals surface area contributed by atoms with Crippen LogP contribution < -0.4 is 9.62 Å². The Morgan fingerprint density at radius 1 is 1.60 bits per heavy atom. The van der Waals surface area contributed by atoms with Crippen molar-refractivity contribution in [2.24, 2.45) is 5.92 Å². The molecule has 110 valence electrons. The Morgan fingerprint density at radius 3 is 3.00 bits per heavy atom. The summed E-state index contributed by atoms with van der Waals surface area (Å²) >= 11 is 1.35. The van der Waals surface area contributed by atoms with E-state index in [4.69, 9.17) is 0 Å². The molecule has 0 amide bonds. The zero-order chi connectivity index (χ0) is 14.8. The lowest BCUT2D eigenvalue weighted by molar-refractivity contribution is 0.412. The van der Waals surface area contributed by atoms with Gasteiger partial charge >= 0.3 is 0 Å². The van der Waals surface area contributed by atoms with Gasteiger partial charge in [-0.25, -0.2) is 13.1 Å². The largest absolute Gasteiger partial charge is 0.361 e. The van der Waals surface area contributed by atoms with E-state index < -0.39 is 10.0 Å². The Hall–Kier alpha value is -1.17. The van der Waals surface area contributed by atoms with Crippen LogP contribution in [-0.4, -0.2) is 38.7 Å². The molecule has 20 heavy (non-hydrogen) atoms. The van der Waals surface area contributed by atoms with Crippen molar-refractivity contribution in [3.8, 4) is 6.07 Å². The van der Waals surface area contributed by atoms with Crippen molar-refractivity contribution >= 4 is 26.6 Å². The highest BCUT2D eigenvalue weighted by atomic mass is 32.2. The normalized spacial score (nSPS) is 19.9. The second-order valence-corrected chi connectivity index (χ2v) is 7.72. The van der Waals surface area contributed by atoms with Crippen molar-refractivity contribution < 1.29 is 8.42 Å². The number of nitrogens with one attached hydrogen (secondary N) is 1. The number of nitrogens with zero attached hydrogens (tertiary/aromatic N) is 3. The van der Waals surface area contributed by atoms with Crippen LogP contribution in [0.25, 0.3) is 0 Å². The zero-order valence-electron chi connectivity index (χ0n) is 11.6. The minimum atomic E-state index is -3.14. The number of nitriles is 1. The Balaban J connectivity index is 2.05. The molecule has 0 bridgehead atoms. The molecule has 8 heteroatoms. The Kier molecular flexibility index (Phi) is 4.62. The highest BCUT2D eigenvalue weighted by Crippen LogP contribution is 2.31. The predicted molar refractivity (Wildman–Crippen MR) is 79.3 cm³/mol. The van der Waals surface area contributed by atoms with Gasteiger partial charge in [0.2, 0.25) is 10.0 Å². The molecular formula is C12H18N4O2S2. The number of anilines is 1. The van der Waals surface area contributed by atoms with Crippen LogP contribution in [-0.2, 0) is 10.0 Å². The minimum absolute atomic E-state index is 0.271. The van der Waals surface area contributed by atoms with Crippen molar-refractivity contribution in [2.45, 2.75) is 19.8 Å². The van der Waals surface area contributed by atoms with Gasteiger partial charge in [-0.3, -0.25) is 0 Å². The Labute approximate surface area is 123 Å². The number of hydrogen-bond acceptors (Lipinski definition) is 6. The smallest absolute Gasteiger partial charge is 0.208 e. The van der Waals surface area contributed by atoms with E-state index >= 15 is 0 Å². The van der Waals surface area contributed by atoms with Gasteiger partial charge in [0.25, 0.3) is 0 Å². The average molecular weight is 314 g/mol. The van der Waals surface area contributed by atoms with Gasteiger partial charge in [-0.2, -0.15) is 9.64 Å². The summed E-state index contributed by atoms with van der Waals surface area (Å²) in [7, 11) is -3.14. The zero-order valence-corrected chi connectivity index (χ0v) is 13.2. The third-order valence-corrected chi connectivity index (χ3v) is 5.09. The Morgan fingerprint density at radius 2 is 2.35 bits per heavy atom. The van der Waals surface area contributed by atoms with Gasteiger partial charge in [-0.15, -0.1) is 0 Å². The first-order valence-corrected chi connectivity index (χ1v) is 9.13. The van der Waals surface area contributed by atoms with Gasteiger partial charge in [-0.1, -0.05) is 0 Å². The highest BCUT2D eigenvalue weighted by Gasteiger charge is 2.24. The van der Waals surface area contributed by atoms with Crippen LogP contribution in [0.15, 0.2) is 0 Å². The van der Waals surface area contributed by atoms with Crippen molar-refractivity contribution in [1.82, 2.24) is 9.10 Å². The fourth-order valence-electron chi connectivity index (χ4n) is 2.39. The van der Waals surface area contributed by atoms with Crippen LogP contribution in [0.5, 0.6) is 0 Å². The number of piperidine rings is 1. The van der Waals surface area contributed by atoms with E-state index in [1.807, 2.05) is 6.92 Å². The molecule has 0 radical (unpaired) electrons. The second-order valence-electron chi connectivity index (χ2n) is 5.13. The summed E-state index contributed by atoms with van der Waals surface area (Å²) in [4.78, 5) is 2.15. The number of hydrogen-bond donors (Lipinski definition) is 1. The topological polar surface area (TPSA) is 86.1 Å². The molecule has 0 saturated carbocycles. The van der Waals surface area contributed by atoms with Gasteiger partial charge in [-0.05, 0) is 37.2 Å². The molecule has 1 unspecified atom stereocenters. The lowest BCUT2D eigenvalue weighted by Crippen LogP contribution is -2.40. The van der Waals surface area contributed by atoms with Crippen LogP contribution in [0, 0.1) is 24.2 Å². The SMILES string of the molecule is Cc1nsc(N2CCCC(CNS(C)(=O)=O)C2)c1C#N. The fourth-order valence-corrected chi connectivity index (χ4v) is 3.81. The molecule has 2 heterocycles. The molecule has 0 spiro atoms. The molecule has 1 aliphatic heterocycles. The minimum Gasteiger partial charge on any atom is -0.361 e. The number of aromatic nitrogens is 1. The molecule has 1 fully saturated rings. The Bertz CT molecular complexity index is 618. The van der Waals surface area contributed by atoms with Crippen LogP contribution in [0.3, 0.4) is 0 Å². The second kappa shape index (κ2) is 6.08. The summed E-state index contributed by atoms with van der Waals surface area (Å²) in [5.41, 5.74) is 1.41. The molecule has 1 aromatic rings. The standard InChI is InChI=1S/C12H18N4O2S2/c1-9-11(6-13)12(19-15-9)16-5-3-4-10(8-16)7-14-20(2,17)18/h10,14H,3-5,7-8H2,1-2H3. The maximum atomic E-state index is 11.2. The first-order chi connectivity index (χ1) is 9.40. The van der Waals surface area contributed by atoms with Crippen LogP contribution >= 0.6 is 11.5 Å². The maximum Gasteiger partial charge on any atom is 0.208 e. The first kappa shape index (κ1) is 15.2. The highest BCUT2D eigenvalue weighted by molar-refractivity contribution is 7.88. The van der Waals surface area contributed by atoms with Crippen molar-refractivity contribution in [3.05, 3.63) is 11.3 Å². The lowest BCUT2D eigenvalue weighted by Gasteiger charge is -2.33.